The molecule has 2 aromatic rings. The maximum Gasteiger partial charge on any atom is 0.433 e. The molecule has 0 bridgehead atoms. The number of amides is 1. The minimum absolute atomic E-state index is 0.124. The summed E-state index contributed by atoms with van der Waals surface area (Å²) >= 11 is 0. The second kappa shape index (κ2) is 7.37. The summed E-state index contributed by atoms with van der Waals surface area (Å²) in [4.78, 5) is 19.6. The third kappa shape index (κ3) is 5.07. The van der Waals surface area contributed by atoms with Gasteiger partial charge < -0.3 is 16.4 Å². The average molecular weight is 353 g/mol. The number of nitrogens with zero attached hydrogens (tertiary/aromatic N) is 2. The van der Waals surface area contributed by atoms with Gasteiger partial charge in [0.05, 0.1) is 0 Å². The predicted octanol–water partition coefficient (Wildman–Crippen LogP) is 3.54. The second-order valence-electron chi connectivity index (χ2n) is 5.49. The molecule has 0 aliphatic rings. The number of halogens is 3. The van der Waals surface area contributed by atoms with Crippen LogP contribution < -0.4 is 16.4 Å². The van der Waals surface area contributed by atoms with E-state index in [1.54, 1.807) is 19.1 Å². The number of benzene rings is 1. The van der Waals surface area contributed by atoms with E-state index in [1.165, 1.54) is 12.1 Å². The number of nitrogens with two attached hydrogens (primary N) is 1. The van der Waals surface area contributed by atoms with Crippen LogP contribution in [0.3, 0.4) is 0 Å². The van der Waals surface area contributed by atoms with Gasteiger partial charge in [0.15, 0.2) is 5.69 Å². The van der Waals surface area contributed by atoms with Crippen LogP contribution in [0.5, 0.6) is 0 Å². The molecule has 0 fully saturated rings. The zero-order valence-corrected chi connectivity index (χ0v) is 13.7. The highest BCUT2D eigenvalue weighted by molar-refractivity contribution is 6.04. The first-order chi connectivity index (χ1) is 11.7. The highest BCUT2D eigenvalue weighted by Crippen LogP contribution is 2.30. The third-order valence-electron chi connectivity index (χ3n) is 3.39. The zero-order valence-electron chi connectivity index (χ0n) is 13.7. The number of carbonyl (C=O) groups is 1. The fourth-order valence-corrected chi connectivity index (χ4v) is 1.91. The van der Waals surface area contributed by atoms with Crippen molar-refractivity contribution < 1.29 is 18.0 Å². The van der Waals surface area contributed by atoms with Gasteiger partial charge in [-0.2, -0.15) is 18.2 Å². The molecule has 0 spiro atoms. The molecule has 6 nitrogen and oxygen atoms in total. The van der Waals surface area contributed by atoms with Gasteiger partial charge in [-0.1, -0.05) is 13.0 Å². The van der Waals surface area contributed by atoms with Crippen LogP contribution in [0.25, 0.3) is 0 Å². The van der Waals surface area contributed by atoms with Crippen LogP contribution in [0.4, 0.5) is 30.6 Å². The van der Waals surface area contributed by atoms with Crippen LogP contribution in [0.2, 0.25) is 0 Å². The Morgan fingerprint density at radius 3 is 2.60 bits per heavy atom. The molecular weight excluding hydrogens is 335 g/mol. The highest BCUT2D eigenvalue weighted by Gasteiger charge is 2.34. The molecular formula is C16H18F3N5O. The normalized spacial score (nSPS) is 12.5. The smallest absolute Gasteiger partial charge is 0.399 e. The van der Waals surface area contributed by atoms with Gasteiger partial charge in [0.25, 0.3) is 5.91 Å². The summed E-state index contributed by atoms with van der Waals surface area (Å²) < 4.78 is 39.1. The Balaban J connectivity index is 2.32. The number of hydrogen-bond acceptors (Lipinski definition) is 5. The van der Waals surface area contributed by atoms with E-state index in [0.29, 0.717) is 18.2 Å². The summed E-state index contributed by atoms with van der Waals surface area (Å²) in [5.74, 6) is -1.07. The van der Waals surface area contributed by atoms with Crippen LogP contribution >= 0.6 is 0 Å². The molecule has 0 aliphatic heterocycles. The predicted molar refractivity (Wildman–Crippen MR) is 89.2 cm³/mol. The van der Waals surface area contributed by atoms with E-state index in [2.05, 4.69) is 20.6 Å². The van der Waals surface area contributed by atoms with E-state index >= 15 is 0 Å². The minimum Gasteiger partial charge on any atom is -0.399 e. The van der Waals surface area contributed by atoms with Gasteiger partial charge in [0.2, 0.25) is 5.95 Å². The molecule has 0 aliphatic carbocycles. The molecule has 134 valence electrons. The number of rotatable bonds is 5. The molecule has 1 aromatic heterocycles. The molecule has 1 atom stereocenters. The molecule has 0 saturated heterocycles. The standard InChI is InChI=1S/C16H18F3N5O/c1-3-9(2)21-15-22-12(16(17,18)19)8-13(24-15)23-14(25)10-5-4-6-11(20)7-10/h4-9H,3,20H2,1-2H3,(H2,21,22,23,24,25)/t9-/m1/s1. The molecule has 0 unspecified atom stereocenters. The van der Waals surface area contributed by atoms with Gasteiger partial charge in [-0.15, -0.1) is 0 Å². The lowest BCUT2D eigenvalue weighted by molar-refractivity contribution is -0.141. The van der Waals surface area contributed by atoms with Crippen molar-refractivity contribution in [1.29, 1.82) is 0 Å². The molecule has 2 rings (SSSR count). The van der Waals surface area contributed by atoms with Crippen molar-refractivity contribution in [3.8, 4) is 0 Å². The van der Waals surface area contributed by atoms with Crippen LogP contribution in [0.15, 0.2) is 30.3 Å². The Kier molecular flexibility index (Phi) is 5.45. The quantitative estimate of drug-likeness (QED) is 0.715. The van der Waals surface area contributed by atoms with Crippen molar-refractivity contribution in [2.45, 2.75) is 32.5 Å². The largest absolute Gasteiger partial charge is 0.433 e. The van der Waals surface area contributed by atoms with Crippen LogP contribution in [0.1, 0.15) is 36.3 Å². The molecule has 1 heterocycles. The van der Waals surface area contributed by atoms with E-state index in [1.807, 2.05) is 6.92 Å². The van der Waals surface area contributed by atoms with E-state index in [9.17, 15) is 18.0 Å². The van der Waals surface area contributed by atoms with Crippen molar-refractivity contribution in [2.24, 2.45) is 0 Å². The van der Waals surface area contributed by atoms with E-state index in [0.717, 1.165) is 0 Å². The molecule has 0 saturated carbocycles. The average Bonchev–Trinajstić information content (AvgIpc) is 2.53. The molecule has 1 aromatic carbocycles. The van der Waals surface area contributed by atoms with Crippen molar-refractivity contribution in [3.05, 3.63) is 41.6 Å². The second-order valence-corrected chi connectivity index (χ2v) is 5.49. The molecule has 25 heavy (non-hydrogen) atoms. The monoisotopic (exact) mass is 353 g/mol. The topological polar surface area (TPSA) is 92.9 Å². The lowest BCUT2D eigenvalue weighted by Crippen LogP contribution is -2.20. The Hall–Kier alpha value is -2.84. The van der Waals surface area contributed by atoms with E-state index in [-0.39, 0.29) is 23.4 Å². The molecule has 4 N–H and O–H groups in total. The SMILES string of the molecule is CC[C@@H](C)Nc1nc(NC(=O)c2cccc(N)c2)cc(C(F)(F)F)n1. The fourth-order valence-electron chi connectivity index (χ4n) is 1.91. The number of alkyl halides is 3. The Morgan fingerprint density at radius 2 is 2.00 bits per heavy atom. The van der Waals surface area contributed by atoms with Gasteiger partial charge in [0, 0.05) is 23.4 Å². The summed E-state index contributed by atoms with van der Waals surface area (Å²) in [5, 5.41) is 5.12. The van der Waals surface area contributed by atoms with Crippen LogP contribution in [-0.4, -0.2) is 21.9 Å². The zero-order chi connectivity index (χ0) is 18.6. The number of aromatic nitrogens is 2. The fraction of sp³-hybridized carbons (Fsp3) is 0.312. The van der Waals surface area contributed by atoms with E-state index < -0.39 is 17.8 Å². The Morgan fingerprint density at radius 1 is 1.28 bits per heavy atom. The van der Waals surface area contributed by atoms with Crippen molar-refractivity contribution in [3.63, 3.8) is 0 Å². The lowest BCUT2D eigenvalue weighted by atomic mass is 10.2. The maximum absolute atomic E-state index is 13.0. The Labute approximate surface area is 142 Å². The summed E-state index contributed by atoms with van der Waals surface area (Å²) in [7, 11) is 0. The maximum atomic E-state index is 13.0. The molecule has 1 amide bonds. The summed E-state index contributed by atoms with van der Waals surface area (Å²) in [6.45, 7) is 3.66. The third-order valence-corrected chi connectivity index (χ3v) is 3.39. The Bertz CT molecular complexity index is 764. The summed E-state index contributed by atoms with van der Waals surface area (Å²) in [6.07, 6.45) is -3.99. The van der Waals surface area contributed by atoms with Gasteiger partial charge >= 0.3 is 6.18 Å². The van der Waals surface area contributed by atoms with Crippen LogP contribution in [-0.2, 0) is 6.18 Å². The minimum atomic E-state index is -4.66. The number of anilines is 3. The van der Waals surface area contributed by atoms with E-state index in [4.69, 9.17) is 5.73 Å². The first kappa shape index (κ1) is 18.5. The van der Waals surface area contributed by atoms with Gasteiger partial charge in [0.1, 0.15) is 5.82 Å². The summed E-state index contributed by atoms with van der Waals surface area (Å²) in [5.41, 5.74) is 5.04. The number of hydrogen-bond donors (Lipinski definition) is 3. The first-order valence-corrected chi connectivity index (χ1v) is 7.58. The van der Waals surface area contributed by atoms with Gasteiger partial charge in [-0.05, 0) is 31.5 Å². The first-order valence-electron chi connectivity index (χ1n) is 7.58. The van der Waals surface area contributed by atoms with Crippen molar-refractivity contribution in [2.75, 3.05) is 16.4 Å². The number of carbonyl (C=O) groups excluding carboxylic acids is 1. The molecule has 0 radical (unpaired) electrons. The lowest BCUT2D eigenvalue weighted by Gasteiger charge is -2.15. The molecule has 9 heteroatoms. The number of nitrogen functional groups attached to an aromatic ring is 1. The van der Waals surface area contributed by atoms with Crippen LogP contribution in [0, 0.1) is 0 Å². The van der Waals surface area contributed by atoms with Gasteiger partial charge in [-0.25, -0.2) is 4.98 Å². The van der Waals surface area contributed by atoms with Crippen molar-refractivity contribution >= 4 is 23.4 Å². The van der Waals surface area contributed by atoms with Gasteiger partial charge in [-0.3, -0.25) is 4.79 Å². The summed E-state index contributed by atoms with van der Waals surface area (Å²) in [6, 6.07) is 6.64. The highest BCUT2D eigenvalue weighted by atomic mass is 19.4. The van der Waals surface area contributed by atoms with Crippen molar-refractivity contribution in [1.82, 2.24) is 9.97 Å². The number of nitrogens with one attached hydrogen (secondary N) is 2.